The van der Waals surface area contributed by atoms with Crippen molar-refractivity contribution in [2.45, 2.75) is 13.5 Å². The van der Waals surface area contributed by atoms with Crippen LogP contribution in [0, 0.1) is 6.92 Å². The number of hydrogen-bond donors (Lipinski definition) is 1. The molecule has 2 aromatic rings. The number of amides is 1. The highest BCUT2D eigenvalue weighted by molar-refractivity contribution is 9.10. The first kappa shape index (κ1) is 12.3. The molecule has 1 heterocycles. The van der Waals surface area contributed by atoms with E-state index in [1.807, 2.05) is 30.5 Å². The predicted octanol–water partition coefficient (Wildman–Crippen LogP) is 3.14. The van der Waals surface area contributed by atoms with Gasteiger partial charge in [-0.3, -0.25) is 4.79 Å². The second kappa shape index (κ2) is 5.42. The number of halogens is 1. The van der Waals surface area contributed by atoms with Crippen LogP contribution in [0.15, 0.2) is 33.6 Å². The summed E-state index contributed by atoms with van der Waals surface area (Å²) in [6.07, 6.45) is 0. The van der Waals surface area contributed by atoms with Crippen LogP contribution in [0.1, 0.15) is 21.6 Å². The molecule has 0 aliphatic rings. The minimum absolute atomic E-state index is 0.0724. The smallest absolute Gasteiger partial charge is 0.251 e. The zero-order valence-electron chi connectivity index (χ0n) is 9.24. The molecule has 1 aromatic heterocycles. The molecule has 2 rings (SSSR count). The van der Waals surface area contributed by atoms with E-state index in [1.54, 1.807) is 5.51 Å². The lowest BCUT2D eigenvalue weighted by atomic mass is 10.1. The molecule has 0 atom stereocenters. The number of rotatable bonds is 3. The molecular weight excluding hydrogens is 300 g/mol. The maximum Gasteiger partial charge on any atom is 0.251 e. The van der Waals surface area contributed by atoms with Gasteiger partial charge < -0.3 is 5.32 Å². The van der Waals surface area contributed by atoms with Crippen LogP contribution >= 0.6 is 27.3 Å². The molecule has 0 unspecified atom stereocenters. The van der Waals surface area contributed by atoms with Crippen molar-refractivity contribution in [2.24, 2.45) is 0 Å². The topological polar surface area (TPSA) is 42.0 Å². The summed E-state index contributed by atoms with van der Waals surface area (Å²) in [4.78, 5) is 16.1. The summed E-state index contributed by atoms with van der Waals surface area (Å²) in [7, 11) is 0. The van der Waals surface area contributed by atoms with Gasteiger partial charge in [0.1, 0.15) is 0 Å². The minimum Gasteiger partial charge on any atom is -0.346 e. The molecule has 0 spiro atoms. The molecule has 3 nitrogen and oxygen atoms in total. The Morgan fingerprint density at radius 3 is 3.06 bits per heavy atom. The fraction of sp³-hybridized carbons (Fsp3) is 0.167. The van der Waals surface area contributed by atoms with Crippen molar-refractivity contribution in [3.63, 3.8) is 0 Å². The van der Waals surface area contributed by atoms with Crippen molar-refractivity contribution in [3.05, 3.63) is 50.4 Å². The Kier molecular flexibility index (Phi) is 3.91. The van der Waals surface area contributed by atoms with Crippen LogP contribution in [0.4, 0.5) is 0 Å². The van der Waals surface area contributed by atoms with Crippen LogP contribution in [-0.4, -0.2) is 10.9 Å². The monoisotopic (exact) mass is 310 g/mol. The summed E-state index contributed by atoms with van der Waals surface area (Å²) >= 11 is 4.89. The first-order valence-electron chi connectivity index (χ1n) is 5.08. The Labute approximate surface area is 112 Å². The molecule has 0 bridgehead atoms. The van der Waals surface area contributed by atoms with Crippen LogP contribution in [0.3, 0.4) is 0 Å². The molecule has 1 N–H and O–H groups in total. The summed E-state index contributed by atoms with van der Waals surface area (Å²) in [6, 6.07) is 5.67. The summed E-state index contributed by atoms with van der Waals surface area (Å²) in [5.41, 5.74) is 4.29. The summed E-state index contributed by atoms with van der Waals surface area (Å²) in [5.74, 6) is -0.0724. The van der Waals surface area contributed by atoms with Gasteiger partial charge in [-0.1, -0.05) is 22.0 Å². The standard InChI is InChI=1S/C12H11BrN2OS/c1-8-2-3-9(13)4-11(8)12(16)14-5-10-6-17-7-15-10/h2-4,6-7H,5H2,1H3,(H,14,16). The number of hydrogen-bond acceptors (Lipinski definition) is 3. The van der Waals surface area contributed by atoms with Crippen LogP contribution in [-0.2, 0) is 6.54 Å². The van der Waals surface area contributed by atoms with Gasteiger partial charge in [0.15, 0.2) is 0 Å². The van der Waals surface area contributed by atoms with Crippen molar-refractivity contribution in [2.75, 3.05) is 0 Å². The Morgan fingerprint density at radius 1 is 1.53 bits per heavy atom. The lowest BCUT2D eigenvalue weighted by molar-refractivity contribution is 0.0950. The Hall–Kier alpha value is -1.20. The van der Waals surface area contributed by atoms with Crippen molar-refractivity contribution < 1.29 is 4.79 Å². The maximum absolute atomic E-state index is 12.0. The van der Waals surface area contributed by atoms with Crippen LogP contribution < -0.4 is 5.32 Å². The molecule has 1 aromatic carbocycles. The van der Waals surface area contributed by atoms with Crippen molar-refractivity contribution in [1.82, 2.24) is 10.3 Å². The summed E-state index contributed by atoms with van der Waals surface area (Å²) in [5, 5.41) is 4.78. The van der Waals surface area contributed by atoms with E-state index in [9.17, 15) is 4.79 Å². The van der Waals surface area contributed by atoms with Gasteiger partial charge in [-0.25, -0.2) is 4.98 Å². The number of benzene rings is 1. The third kappa shape index (κ3) is 3.14. The average Bonchev–Trinajstić information content (AvgIpc) is 2.82. The summed E-state index contributed by atoms with van der Waals surface area (Å²) in [6.45, 7) is 2.39. The van der Waals surface area contributed by atoms with Gasteiger partial charge in [-0.05, 0) is 24.6 Å². The molecule has 0 saturated heterocycles. The van der Waals surface area contributed by atoms with E-state index in [0.717, 1.165) is 15.7 Å². The number of carbonyl (C=O) groups is 1. The number of carbonyl (C=O) groups excluding carboxylic acids is 1. The Morgan fingerprint density at radius 2 is 2.35 bits per heavy atom. The molecule has 5 heteroatoms. The lowest BCUT2D eigenvalue weighted by Gasteiger charge is -2.06. The minimum atomic E-state index is -0.0724. The molecule has 0 aliphatic carbocycles. The van der Waals surface area contributed by atoms with E-state index >= 15 is 0 Å². The van der Waals surface area contributed by atoms with Gasteiger partial charge in [0.05, 0.1) is 17.7 Å². The number of nitrogens with one attached hydrogen (secondary N) is 1. The van der Waals surface area contributed by atoms with E-state index < -0.39 is 0 Å². The van der Waals surface area contributed by atoms with Gasteiger partial charge >= 0.3 is 0 Å². The highest BCUT2D eigenvalue weighted by atomic mass is 79.9. The number of aromatic nitrogens is 1. The molecule has 1 amide bonds. The van der Waals surface area contributed by atoms with Crippen molar-refractivity contribution in [3.8, 4) is 0 Å². The lowest BCUT2D eigenvalue weighted by Crippen LogP contribution is -2.23. The predicted molar refractivity (Wildman–Crippen MR) is 72.2 cm³/mol. The number of nitrogens with zero attached hydrogens (tertiary/aromatic N) is 1. The van der Waals surface area contributed by atoms with Gasteiger partial charge in [-0.15, -0.1) is 11.3 Å². The van der Waals surface area contributed by atoms with Gasteiger partial charge in [0.2, 0.25) is 0 Å². The zero-order chi connectivity index (χ0) is 12.3. The number of thiazole rings is 1. The van der Waals surface area contributed by atoms with E-state index in [1.165, 1.54) is 11.3 Å². The molecule has 0 saturated carbocycles. The molecular formula is C12H11BrN2OS. The Bertz CT molecular complexity index is 525. The normalized spacial score (nSPS) is 10.2. The molecule has 17 heavy (non-hydrogen) atoms. The average molecular weight is 311 g/mol. The fourth-order valence-corrected chi connectivity index (χ4v) is 2.35. The highest BCUT2D eigenvalue weighted by Gasteiger charge is 2.09. The van der Waals surface area contributed by atoms with Crippen LogP contribution in [0.25, 0.3) is 0 Å². The maximum atomic E-state index is 12.0. The fourth-order valence-electron chi connectivity index (χ4n) is 1.43. The molecule has 0 radical (unpaired) electrons. The van der Waals surface area contributed by atoms with E-state index in [0.29, 0.717) is 12.1 Å². The second-order valence-electron chi connectivity index (χ2n) is 3.62. The van der Waals surface area contributed by atoms with Crippen molar-refractivity contribution in [1.29, 1.82) is 0 Å². The van der Waals surface area contributed by atoms with Gasteiger partial charge in [-0.2, -0.15) is 0 Å². The first-order chi connectivity index (χ1) is 8.16. The number of aryl methyl sites for hydroxylation is 1. The van der Waals surface area contributed by atoms with E-state index in [-0.39, 0.29) is 5.91 Å². The molecule has 88 valence electrons. The highest BCUT2D eigenvalue weighted by Crippen LogP contribution is 2.16. The van der Waals surface area contributed by atoms with E-state index in [2.05, 4.69) is 26.2 Å². The first-order valence-corrected chi connectivity index (χ1v) is 6.82. The molecule has 0 fully saturated rings. The van der Waals surface area contributed by atoms with Crippen LogP contribution in [0.5, 0.6) is 0 Å². The van der Waals surface area contributed by atoms with E-state index in [4.69, 9.17) is 0 Å². The SMILES string of the molecule is Cc1ccc(Br)cc1C(=O)NCc1cscn1. The van der Waals surface area contributed by atoms with Crippen LogP contribution in [0.2, 0.25) is 0 Å². The van der Waals surface area contributed by atoms with Gasteiger partial charge in [0, 0.05) is 15.4 Å². The van der Waals surface area contributed by atoms with Gasteiger partial charge in [0.25, 0.3) is 5.91 Å². The largest absolute Gasteiger partial charge is 0.346 e. The van der Waals surface area contributed by atoms with Crippen molar-refractivity contribution >= 4 is 33.2 Å². The third-order valence-corrected chi connectivity index (χ3v) is 3.49. The molecule has 0 aliphatic heterocycles. The quantitative estimate of drug-likeness (QED) is 0.946. The third-order valence-electron chi connectivity index (χ3n) is 2.36. The zero-order valence-corrected chi connectivity index (χ0v) is 11.6. The summed E-state index contributed by atoms with van der Waals surface area (Å²) < 4.78 is 0.905. The second-order valence-corrected chi connectivity index (χ2v) is 5.26. The Balaban J connectivity index is 2.07.